The van der Waals surface area contributed by atoms with E-state index in [0.29, 0.717) is 24.3 Å². The molecule has 0 aliphatic carbocycles. The van der Waals surface area contributed by atoms with Crippen LogP contribution >= 0.6 is 0 Å². The second-order valence-corrected chi connectivity index (χ2v) is 3.18. The molecule has 0 heterocycles. The number of methoxy groups -OCH3 is 1. The van der Waals surface area contributed by atoms with Gasteiger partial charge in [0.15, 0.2) is 11.6 Å². The van der Waals surface area contributed by atoms with Crippen LogP contribution in [0.3, 0.4) is 0 Å². The van der Waals surface area contributed by atoms with E-state index in [1.807, 2.05) is 0 Å². The average Bonchev–Trinajstić information content (AvgIpc) is 2.24. The first-order valence-electron chi connectivity index (χ1n) is 4.77. The lowest BCUT2D eigenvalue weighted by Crippen LogP contribution is -2.02. The van der Waals surface area contributed by atoms with E-state index in [9.17, 15) is 4.39 Å². The Morgan fingerprint density at radius 2 is 2.13 bits per heavy atom. The smallest absolute Gasteiger partial charge is 0.168 e. The molecule has 0 aromatic heterocycles. The van der Waals surface area contributed by atoms with Gasteiger partial charge >= 0.3 is 0 Å². The minimum Gasteiger partial charge on any atom is -0.497 e. The van der Waals surface area contributed by atoms with Gasteiger partial charge in [0.2, 0.25) is 0 Å². The lowest BCUT2D eigenvalue weighted by molar-refractivity contribution is 0.228. The Morgan fingerprint density at radius 1 is 1.40 bits per heavy atom. The summed E-state index contributed by atoms with van der Waals surface area (Å²) >= 11 is 0. The van der Waals surface area contributed by atoms with Crippen LogP contribution < -0.4 is 9.47 Å². The molecule has 0 radical (unpaired) electrons. The Balaban J connectivity index is 2.80. The van der Waals surface area contributed by atoms with Crippen molar-refractivity contribution in [2.75, 3.05) is 20.3 Å². The lowest BCUT2D eigenvalue weighted by atomic mass is 10.2. The van der Waals surface area contributed by atoms with Crippen molar-refractivity contribution in [1.82, 2.24) is 0 Å². The fourth-order valence-corrected chi connectivity index (χ4v) is 1.17. The van der Waals surface area contributed by atoms with Crippen LogP contribution in [-0.4, -0.2) is 25.4 Å². The number of aryl methyl sites for hydroxylation is 1. The van der Waals surface area contributed by atoms with E-state index >= 15 is 0 Å². The van der Waals surface area contributed by atoms with Crippen molar-refractivity contribution < 1.29 is 19.0 Å². The minimum absolute atomic E-state index is 0.0323. The molecule has 0 aliphatic rings. The zero-order valence-electron chi connectivity index (χ0n) is 8.92. The Bertz CT molecular complexity index is 326. The van der Waals surface area contributed by atoms with Gasteiger partial charge in [-0.25, -0.2) is 4.39 Å². The molecular weight excluding hydrogens is 199 g/mol. The summed E-state index contributed by atoms with van der Waals surface area (Å²) in [4.78, 5) is 0. The maximum Gasteiger partial charge on any atom is 0.168 e. The predicted molar refractivity (Wildman–Crippen MR) is 54.9 cm³/mol. The fourth-order valence-electron chi connectivity index (χ4n) is 1.17. The first kappa shape index (κ1) is 11.8. The highest BCUT2D eigenvalue weighted by atomic mass is 19.1. The molecule has 0 bridgehead atoms. The van der Waals surface area contributed by atoms with Gasteiger partial charge in [-0.15, -0.1) is 0 Å². The van der Waals surface area contributed by atoms with Crippen LogP contribution in [0.4, 0.5) is 4.39 Å². The normalized spacial score (nSPS) is 10.1. The molecule has 1 rings (SSSR count). The second-order valence-electron chi connectivity index (χ2n) is 3.18. The molecule has 4 heteroatoms. The van der Waals surface area contributed by atoms with Crippen molar-refractivity contribution in [1.29, 1.82) is 0 Å². The van der Waals surface area contributed by atoms with Crippen LogP contribution in [-0.2, 0) is 0 Å². The van der Waals surface area contributed by atoms with Crippen LogP contribution in [0.5, 0.6) is 11.5 Å². The topological polar surface area (TPSA) is 38.7 Å². The predicted octanol–water partition coefficient (Wildman–Crippen LogP) is 1.90. The van der Waals surface area contributed by atoms with E-state index in [2.05, 4.69) is 0 Å². The van der Waals surface area contributed by atoms with E-state index in [4.69, 9.17) is 14.6 Å². The molecule has 0 unspecified atom stereocenters. The maximum atomic E-state index is 13.5. The third-order valence-electron chi connectivity index (χ3n) is 1.99. The van der Waals surface area contributed by atoms with Gasteiger partial charge in [-0.1, -0.05) is 0 Å². The lowest BCUT2D eigenvalue weighted by Gasteiger charge is -2.10. The van der Waals surface area contributed by atoms with Gasteiger partial charge in [0.25, 0.3) is 0 Å². The van der Waals surface area contributed by atoms with E-state index in [1.54, 1.807) is 13.0 Å². The Morgan fingerprint density at radius 3 is 2.73 bits per heavy atom. The van der Waals surface area contributed by atoms with Gasteiger partial charge in [-0.3, -0.25) is 0 Å². The third kappa shape index (κ3) is 3.09. The summed E-state index contributed by atoms with van der Waals surface area (Å²) in [7, 11) is 1.52. The molecule has 84 valence electrons. The molecule has 1 N–H and O–H groups in total. The van der Waals surface area contributed by atoms with E-state index < -0.39 is 0 Å². The SMILES string of the molecule is COc1cc(C)c(F)c(OCCCO)c1. The summed E-state index contributed by atoms with van der Waals surface area (Å²) in [5.41, 5.74) is 0.480. The van der Waals surface area contributed by atoms with Gasteiger partial charge in [-0.05, 0) is 18.6 Å². The van der Waals surface area contributed by atoms with E-state index in [1.165, 1.54) is 13.2 Å². The standard InChI is InChI=1S/C11H15FO3/c1-8-6-9(14-2)7-10(11(8)12)15-5-3-4-13/h6-7,13H,3-5H2,1-2H3. The van der Waals surface area contributed by atoms with Crippen LogP contribution in [0, 0.1) is 12.7 Å². The van der Waals surface area contributed by atoms with Crippen molar-refractivity contribution in [3.05, 3.63) is 23.5 Å². The first-order chi connectivity index (χ1) is 7.19. The first-order valence-corrected chi connectivity index (χ1v) is 4.77. The molecule has 0 atom stereocenters. The highest BCUT2D eigenvalue weighted by molar-refractivity contribution is 5.39. The van der Waals surface area contributed by atoms with Gasteiger partial charge in [0, 0.05) is 19.1 Å². The van der Waals surface area contributed by atoms with Crippen molar-refractivity contribution >= 4 is 0 Å². The van der Waals surface area contributed by atoms with Crippen molar-refractivity contribution in [3.8, 4) is 11.5 Å². The molecule has 1 aromatic rings. The van der Waals surface area contributed by atoms with Crippen molar-refractivity contribution in [2.45, 2.75) is 13.3 Å². The summed E-state index contributed by atoms with van der Waals surface area (Å²) in [6.45, 7) is 1.97. The molecular formula is C11H15FO3. The Kier molecular flexibility index (Phi) is 4.37. The quantitative estimate of drug-likeness (QED) is 0.761. The molecule has 0 fully saturated rings. The maximum absolute atomic E-state index is 13.5. The minimum atomic E-state index is -0.381. The van der Waals surface area contributed by atoms with Gasteiger partial charge in [0.05, 0.1) is 13.7 Å². The molecule has 1 aromatic carbocycles. The van der Waals surface area contributed by atoms with Gasteiger partial charge in [0.1, 0.15) is 5.75 Å². The van der Waals surface area contributed by atoms with Crippen molar-refractivity contribution in [3.63, 3.8) is 0 Å². The molecule has 0 aliphatic heterocycles. The Hall–Kier alpha value is -1.29. The van der Waals surface area contributed by atoms with Gasteiger partial charge < -0.3 is 14.6 Å². The van der Waals surface area contributed by atoms with Crippen LogP contribution in [0.1, 0.15) is 12.0 Å². The van der Waals surface area contributed by atoms with E-state index in [-0.39, 0.29) is 18.2 Å². The second kappa shape index (κ2) is 5.56. The average molecular weight is 214 g/mol. The zero-order chi connectivity index (χ0) is 11.3. The largest absolute Gasteiger partial charge is 0.497 e. The number of aliphatic hydroxyl groups excluding tert-OH is 1. The molecule has 0 spiro atoms. The zero-order valence-corrected chi connectivity index (χ0v) is 8.92. The number of aliphatic hydroxyl groups is 1. The van der Waals surface area contributed by atoms with Crippen LogP contribution in [0.15, 0.2) is 12.1 Å². The third-order valence-corrected chi connectivity index (χ3v) is 1.99. The molecule has 0 saturated carbocycles. The summed E-state index contributed by atoms with van der Waals surface area (Å²) in [6.07, 6.45) is 0.482. The van der Waals surface area contributed by atoms with E-state index in [0.717, 1.165) is 0 Å². The summed E-state index contributed by atoms with van der Waals surface area (Å²) in [5.74, 6) is 0.349. The Labute approximate surface area is 88.4 Å². The number of hydrogen-bond acceptors (Lipinski definition) is 3. The summed E-state index contributed by atoms with van der Waals surface area (Å²) < 4.78 is 23.7. The molecule has 0 amide bonds. The summed E-state index contributed by atoms with van der Waals surface area (Å²) in [5, 5.41) is 8.57. The molecule has 3 nitrogen and oxygen atoms in total. The molecule has 0 saturated heterocycles. The van der Waals surface area contributed by atoms with Gasteiger partial charge in [-0.2, -0.15) is 0 Å². The molecule has 15 heavy (non-hydrogen) atoms. The number of halogens is 1. The monoisotopic (exact) mass is 214 g/mol. The summed E-state index contributed by atoms with van der Waals surface area (Å²) in [6, 6.07) is 3.11. The number of hydrogen-bond donors (Lipinski definition) is 1. The highest BCUT2D eigenvalue weighted by Gasteiger charge is 2.09. The van der Waals surface area contributed by atoms with Crippen molar-refractivity contribution in [2.24, 2.45) is 0 Å². The fraction of sp³-hybridized carbons (Fsp3) is 0.455. The van der Waals surface area contributed by atoms with Crippen LogP contribution in [0.25, 0.3) is 0 Å². The van der Waals surface area contributed by atoms with Crippen LogP contribution in [0.2, 0.25) is 0 Å². The number of benzene rings is 1. The number of ether oxygens (including phenoxy) is 2. The highest BCUT2D eigenvalue weighted by Crippen LogP contribution is 2.26. The number of rotatable bonds is 5.